The van der Waals surface area contributed by atoms with Gasteiger partial charge in [-0.05, 0) is 40.0 Å². The van der Waals surface area contributed by atoms with Crippen LogP contribution in [0.3, 0.4) is 0 Å². The minimum Gasteiger partial charge on any atom is -0.483 e. The van der Waals surface area contributed by atoms with E-state index in [4.69, 9.17) is 9.15 Å². The van der Waals surface area contributed by atoms with Gasteiger partial charge in [0.1, 0.15) is 12.0 Å². The summed E-state index contributed by atoms with van der Waals surface area (Å²) in [6.07, 6.45) is 4.95. The van der Waals surface area contributed by atoms with Crippen LogP contribution in [0.2, 0.25) is 0 Å². The Balaban J connectivity index is 1.46. The van der Waals surface area contributed by atoms with Gasteiger partial charge in [-0.25, -0.2) is 4.98 Å². The van der Waals surface area contributed by atoms with E-state index in [9.17, 15) is 4.79 Å². The number of fused-ring (bicyclic) bond motifs is 1. The lowest BCUT2D eigenvalue weighted by Crippen LogP contribution is -2.62. The number of ether oxygens (including phenoxy) is 1. The highest BCUT2D eigenvalue weighted by Crippen LogP contribution is 2.26. The van der Waals surface area contributed by atoms with Crippen LogP contribution in [0.1, 0.15) is 37.2 Å². The number of piperazine rings is 1. The van der Waals surface area contributed by atoms with Crippen LogP contribution >= 0.6 is 0 Å². The van der Waals surface area contributed by atoms with E-state index in [0.29, 0.717) is 18.1 Å². The quantitative estimate of drug-likeness (QED) is 0.676. The first-order valence-electron chi connectivity index (χ1n) is 9.77. The van der Waals surface area contributed by atoms with Crippen molar-refractivity contribution in [1.82, 2.24) is 19.8 Å². The Morgan fingerprint density at radius 2 is 2.17 bits per heavy atom. The molecule has 1 aliphatic heterocycles. The maximum Gasteiger partial charge on any atom is 0.276 e. The number of carbonyl (C=O) groups excluding carboxylic acids is 1. The number of nitrogens with zero attached hydrogens (tertiary/aromatic N) is 4. The van der Waals surface area contributed by atoms with Crippen molar-refractivity contribution in [2.75, 3.05) is 20.1 Å². The van der Waals surface area contributed by atoms with Gasteiger partial charge >= 0.3 is 0 Å². The Bertz CT molecular complexity index is 1020. The van der Waals surface area contributed by atoms with E-state index >= 15 is 0 Å². The Labute approximate surface area is 170 Å². The molecule has 1 unspecified atom stereocenters. The molecule has 0 N–H and O–H groups in total. The number of aromatic nitrogens is 2. The molecule has 0 aliphatic carbocycles. The Kier molecular flexibility index (Phi) is 5.00. The lowest BCUT2D eigenvalue weighted by atomic mass is 9.96. The molecule has 3 aromatic rings. The first-order chi connectivity index (χ1) is 13.8. The number of pyridine rings is 1. The molecule has 1 fully saturated rings. The van der Waals surface area contributed by atoms with Crippen molar-refractivity contribution in [2.45, 2.75) is 39.0 Å². The van der Waals surface area contributed by atoms with E-state index in [1.165, 1.54) is 6.26 Å². The monoisotopic (exact) mass is 394 g/mol. The molecule has 3 heterocycles. The molecule has 0 radical (unpaired) electrons. The normalized spacial score (nSPS) is 19.4. The van der Waals surface area contributed by atoms with E-state index in [-0.39, 0.29) is 24.1 Å². The molecule has 4 rings (SSSR count). The van der Waals surface area contributed by atoms with Crippen LogP contribution < -0.4 is 4.74 Å². The van der Waals surface area contributed by atoms with Crippen LogP contribution in [0, 0.1) is 0 Å². The molecule has 7 heteroatoms. The largest absolute Gasteiger partial charge is 0.483 e. The predicted octanol–water partition coefficient (Wildman–Crippen LogP) is 3.36. The number of carbonyl (C=O) groups is 1. The second kappa shape index (κ2) is 7.48. The molecule has 1 aromatic carbocycles. The Hall–Kier alpha value is -2.93. The average molecular weight is 394 g/mol. The van der Waals surface area contributed by atoms with E-state index < -0.39 is 0 Å². The zero-order chi connectivity index (χ0) is 20.6. The molecule has 29 heavy (non-hydrogen) atoms. The van der Waals surface area contributed by atoms with E-state index in [0.717, 1.165) is 23.1 Å². The second-order valence-electron chi connectivity index (χ2n) is 8.24. The molecule has 152 valence electrons. The van der Waals surface area contributed by atoms with Gasteiger partial charge in [0, 0.05) is 47.8 Å². The van der Waals surface area contributed by atoms with Crippen molar-refractivity contribution in [3.8, 4) is 5.75 Å². The number of hydrogen-bond acceptors (Lipinski definition) is 6. The molecular formula is C22H26N4O3. The molecule has 0 saturated carbocycles. The fourth-order valence-electron chi connectivity index (χ4n) is 3.69. The van der Waals surface area contributed by atoms with Crippen LogP contribution in [0.15, 0.2) is 47.3 Å². The summed E-state index contributed by atoms with van der Waals surface area (Å²) in [6.45, 7) is 7.96. The van der Waals surface area contributed by atoms with Gasteiger partial charge in [0.05, 0.1) is 0 Å². The first-order valence-corrected chi connectivity index (χ1v) is 9.77. The highest BCUT2D eigenvalue weighted by molar-refractivity contribution is 5.92. The predicted molar refractivity (Wildman–Crippen MR) is 110 cm³/mol. The summed E-state index contributed by atoms with van der Waals surface area (Å²) >= 11 is 0. The molecule has 1 amide bonds. The van der Waals surface area contributed by atoms with Crippen molar-refractivity contribution in [2.24, 2.45) is 0 Å². The highest BCUT2D eigenvalue weighted by atomic mass is 16.5. The zero-order valence-corrected chi connectivity index (χ0v) is 17.3. The molecule has 2 aromatic heterocycles. The van der Waals surface area contributed by atoms with Gasteiger partial charge in [-0.1, -0.05) is 12.1 Å². The van der Waals surface area contributed by atoms with Crippen molar-refractivity contribution in [3.05, 3.63) is 54.5 Å². The van der Waals surface area contributed by atoms with Gasteiger partial charge < -0.3 is 14.1 Å². The third kappa shape index (κ3) is 3.82. The number of likely N-dealkylation sites (N-methyl/N-ethyl adjacent to an activating group) is 1. The van der Waals surface area contributed by atoms with Crippen molar-refractivity contribution in [3.63, 3.8) is 0 Å². The van der Waals surface area contributed by atoms with Crippen LogP contribution in [-0.4, -0.2) is 57.4 Å². The summed E-state index contributed by atoms with van der Waals surface area (Å²) in [6, 6.07) is 7.81. The maximum atomic E-state index is 13.0. The summed E-state index contributed by atoms with van der Waals surface area (Å²) < 4.78 is 11.4. The first kappa shape index (κ1) is 19.4. The highest BCUT2D eigenvalue weighted by Gasteiger charge is 2.38. The molecular weight excluding hydrogens is 368 g/mol. The number of hydrogen-bond donors (Lipinski definition) is 0. The van der Waals surface area contributed by atoms with Crippen LogP contribution in [-0.2, 0) is 6.61 Å². The Morgan fingerprint density at radius 3 is 3.00 bits per heavy atom. The van der Waals surface area contributed by atoms with E-state index in [1.807, 2.05) is 29.2 Å². The van der Waals surface area contributed by atoms with E-state index in [2.05, 4.69) is 42.7 Å². The molecule has 1 aliphatic rings. The molecule has 0 bridgehead atoms. The topological polar surface area (TPSA) is 71.7 Å². The fourth-order valence-corrected chi connectivity index (χ4v) is 3.69. The van der Waals surface area contributed by atoms with Crippen molar-refractivity contribution in [1.29, 1.82) is 0 Å². The van der Waals surface area contributed by atoms with Crippen molar-refractivity contribution < 1.29 is 13.9 Å². The molecule has 1 saturated heterocycles. The minimum absolute atomic E-state index is 0.0823. The third-order valence-electron chi connectivity index (χ3n) is 5.68. The number of oxazole rings is 1. The third-order valence-corrected chi connectivity index (χ3v) is 5.68. The number of rotatable bonds is 4. The average Bonchev–Trinajstić information content (AvgIpc) is 3.18. The summed E-state index contributed by atoms with van der Waals surface area (Å²) in [5, 5.41) is 1.97. The van der Waals surface area contributed by atoms with Gasteiger partial charge in [0.25, 0.3) is 5.91 Å². The van der Waals surface area contributed by atoms with Gasteiger partial charge in [-0.2, -0.15) is 0 Å². The molecule has 7 nitrogen and oxygen atoms in total. The maximum absolute atomic E-state index is 13.0. The zero-order valence-electron chi connectivity index (χ0n) is 17.3. The SMILES string of the molecule is CC1CN(C)C(C)(C)CN1C(=O)c1coc(COc2cccc3cnccc23)n1. The summed E-state index contributed by atoms with van der Waals surface area (Å²) in [7, 11) is 2.09. The van der Waals surface area contributed by atoms with Crippen LogP contribution in [0.4, 0.5) is 0 Å². The lowest BCUT2D eigenvalue weighted by Gasteiger charge is -2.48. The molecule has 0 spiro atoms. The summed E-state index contributed by atoms with van der Waals surface area (Å²) in [5.41, 5.74) is 0.235. The van der Waals surface area contributed by atoms with E-state index in [1.54, 1.807) is 12.4 Å². The smallest absolute Gasteiger partial charge is 0.276 e. The second-order valence-corrected chi connectivity index (χ2v) is 8.24. The van der Waals surface area contributed by atoms with Crippen molar-refractivity contribution >= 4 is 16.7 Å². The van der Waals surface area contributed by atoms with Gasteiger partial charge in [0.2, 0.25) is 5.89 Å². The summed E-state index contributed by atoms with van der Waals surface area (Å²) in [4.78, 5) is 25.7. The summed E-state index contributed by atoms with van der Waals surface area (Å²) in [5.74, 6) is 0.996. The fraction of sp³-hybridized carbons (Fsp3) is 0.409. The minimum atomic E-state index is -0.107. The standard InChI is InChI=1S/C22H26N4O3/c1-15-11-25(4)22(2,3)14-26(15)21(27)18-12-29-20(24-18)13-28-19-7-5-6-16-10-23-9-8-17(16)19/h5-10,12,15H,11,13-14H2,1-4H3. The van der Waals surface area contributed by atoms with Gasteiger partial charge in [0.15, 0.2) is 12.3 Å². The number of amides is 1. The Morgan fingerprint density at radius 1 is 1.34 bits per heavy atom. The van der Waals surface area contributed by atoms with Gasteiger partial charge in [-0.15, -0.1) is 0 Å². The number of benzene rings is 1. The van der Waals surface area contributed by atoms with Crippen LogP contribution in [0.5, 0.6) is 5.75 Å². The molecule has 1 atom stereocenters. The lowest BCUT2D eigenvalue weighted by molar-refractivity contribution is 0.00756. The van der Waals surface area contributed by atoms with Gasteiger partial charge in [-0.3, -0.25) is 14.7 Å². The van der Waals surface area contributed by atoms with Crippen LogP contribution in [0.25, 0.3) is 10.8 Å².